The van der Waals surface area contributed by atoms with Gasteiger partial charge in [0, 0.05) is 11.1 Å². The fraction of sp³-hybridized carbons (Fsp3) is 0.235. The quantitative estimate of drug-likeness (QED) is 0.562. The predicted molar refractivity (Wildman–Crippen MR) is 98.4 cm³/mol. The van der Waals surface area contributed by atoms with Crippen LogP contribution in [0.2, 0.25) is 0 Å². The van der Waals surface area contributed by atoms with Crippen molar-refractivity contribution in [2.75, 3.05) is 0 Å². The van der Waals surface area contributed by atoms with E-state index < -0.39 is 11.7 Å². The van der Waals surface area contributed by atoms with E-state index in [4.69, 9.17) is 4.52 Å². The lowest BCUT2D eigenvalue weighted by Crippen LogP contribution is -2.35. The molecule has 0 saturated heterocycles. The summed E-state index contributed by atoms with van der Waals surface area (Å²) in [5.74, 6) is 0.462. The van der Waals surface area contributed by atoms with Crippen molar-refractivity contribution in [3.63, 3.8) is 0 Å². The topological polar surface area (TPSA) is 107 Å². The maximum Gasteiger partial charge on any atom is 0.351 e. The van der Waals surface area contributed by atoms with Crippen LogP contribution in [0.1, 0.15) is 23.7 Å². The van der Waals surface area contributed by atoms with Gasteiger partial charge in [-0.25, -0.2) is 13.9 Å². The summed E-state index contributed by atoms with van der Waals surface area (Å²) < 4.78 is 7.71. The van der Waals surface area contributed by atoms with Crippen LogP contribution in [-0.2, 0) is 11.3 Å². The van der Waals surface area contributed by atoms with Crippen LogP contribution in [0.4, 0.5) is 0 Å². The Bertz CT molecular complexity index is 1160. The van der Waals surface area contributed by atoms with E-state index in [0.29, 0.717) is 23.6 Å². The van der Waals surface area contributed by atoms with Gasteiger partial charge in [0.25, 0.3) is 5.89 Å². The number of aromatic nitrogens is 5. The van der Waals surface area contributed by atoms with Crippen LogP contribution in [0.5, 0.6) is 0 Å². The Hall–Kier alpha value is -3.27. The van der Waals surface area contributed by atoms with Crippen LogP contribution in [0.25, 0.3) is 17.1 Å². The number of thiophene rings is 1. The number of hydrogen-bond acceptors (Lipinski definition) is 7. The molecule has 0 saturated carbocycles. The molecule has 0 bridgehead atoms. The molecule has 1 amide bonds. The monoisotopic (exact) mass is 384 g/mol. The van der Waals surface area contributed by atoms with Crippen LogP contribution in [0.15, 0.2) is 45.2 Å². The molecule has 0 aliphatic carbocycles. The molecule has 10 heteroatoms. The Morgan fingerprint density at radius 1 is 1.37 bits per heavy atom. The van der Waals surface area contributed by atoms with Gasteiger partial charge in [0.15, 0.2) is 11.5 Å². The van der Waals surface area contributed by atoms with Gasteiger partial charge in [-0.2, -0.15) is 4.98 Å². The summed E-state index contributed by atoms with van der Waals surface area (Å²) in [5, 5.41) is 12.9. The molecular weight excluding hydrogens is 368 g/mol. The molecule has 4 rings (SSSR count). The van der Waals surface area contributed by atoms with Crippen LogP contribution < -0.4 is 11.0 Å². The normalized spacial score (nSPS) is 12.4. The van der Waals surface area contributed by atoms with Gasteiger partial charge in [-0.05, 0) is 37.4 Å². The maximum atomic E-state index is 12.7. The minimum atomic E-state index is -0.769. The zero-order valence-electron chi connectivity index (χ0n) is 14.6. The number of rotatable bonds is 5. The van der Waals surface area contributed by atoms with Crippen molar-refractivity contribution < 1.29 is 9.32 Å². The number of nitrogens with zero attached hydrogens (tertiary/aromatic N) is 5. The van der Waals surface area contributed by atoms with E-state index in [2.05, 4.69) is 20.6 Å². The molecule has 0 aliphatic heterocycles. The minimum Gasteiger partial charge on any atom is -0.349 e. The Balaban J connectivity index is 1.66. The van der Waals surface area contributed by atoms with Gasteiger partial charge in [-0.3, -0.25) is 4.79 Å². The lowest BCUT2D eigenvalue weighted by molar-refractivity contribution is -0.124. The number of pyridine rings is 1. The van der Waals surface area contributed by atoms with Gasteiger partial charge in [0.2, 0.25) is 5.91 Å². The van der Waals surface area contributed by atoms with E-state index in [-0.39, 0.29) is 11.8 Å². The molecule has 1 N–H and O–H groups in total. The second-order valence-electron chi connectivity index (χ2n) is 5.96. The van der Waals surface area contributed by atoms with Crippen LogP contribution >= 0.6 is 11.3 Å². The molecule has 4 aromatic rings. The van der Waals surface area contributed by atoms with Crippen molar-refractivity contribution in [1.29, 1.82) is 0 Å². The molecule has 138 valence electrons. The highest BCUT2D eigenvalue weighted by atomic mass is 32.1. The number of aryl methyl sites for hydroxylation is 1. The van der Waals surface area contributed by atoms with Gasteiger partial charge in [-0.1, -0.05) is 11.2 Å². The van der Waals surface area contributed by atoms with Gasteiger partial charge in [-0.15, -0.1) is 16.4 Å². The Labute approximate surface area is 157 Å². The second kappa shape index (κ2) is 6.80. The van der Waals surface area contributed by atoms with Crippen molar-refractivity contribution >= 4 is 22.9 Å². The highest BCUT2D eigenvalue weighted by Gasteiger charge is 2.22. The third kappa shape index (κ3) is 3.14. The fourth-order valence-electron chi connectivity index (χ4n) is 2.68. The van der Waals surface area contributed by atoms with Gasteiger partial charge >= 0.3 is 5.69 Å². The summed E-state index contributed by atoms with van der Waals surface area (Å²) in [6.45, 7) is 3.75. The SMILES string of the molecule is Cc1noc(-c2cccn3c(=O)n([C@@H](C)C(=O)NCc4cccs4)nc23)n1. The van der Waals surface area contributed by atoms with Crippen molar-refractivity contribution in [2.45, 2.75) is 26.4 Å². The largest absolute Gasteiger partial charge is 0.351 e. The lowest BCUT2D eigenvalue weighted by atomic mass is 10.2. The Morgan fingerprint density at radius 3 is 2.93 bits per heavy atom. The van der Waals surface area contributed by atoms with E-state index >= 15 is 0 Å². The molecule has 0 aliphatic rings. The zero-order chi connectivity index (χ0) is 19.0. The zero-order valence-corrected chi connectivity index (χ0v) is 15.4. The molecule has 1 atom stereocenters. The number of carbonyl (C=O) groups excluding carboxylic acids is 1. The standard InChI is InChI=1S/C17H16N6O3S/c1-10(15(24)18-9-12-5-4-8-27-12)23-17(25)22-7-3-6-13(14(22)20-23)16-19-11(2)21-26-16/h3-8,10H,9H2,1-2H3,(H,18,24)/t10-/m0/s1. The molecule has 9 nitrogen and oxygen atoms in total. The summed E-state index contributed by atoms with van der Waals surface area (Å²) in [5.41, 5.74) is 0.464. The summed E-state index contributed by atoms with van der Waals surface area (Å²) in [6.07, 6.45) is 1.59. The number of amides is 1. The Morgan fingerprint density at radius 2 is 2.22 bits per heavy atom. The molecule has 4 aromatic heterocycles. The van der Waals surface area contributed by atoms with E-state index in [9.17, 15) is 9.59 Å². The van der Waals surface area contributed by atoms with E-state index in [1.54, 1.807) is 43.5 Å². The number of hydrogen-bond donors (Lipinski definition) is 1. The summed E-state index contributed by atoms with van der Waals surface area (Å²) in [4.78, 5) is 30.4. The molecule has 0 unspecified atom stereocenters. The first kappa shape index (κ1) is 17.2. The smallest absolute Gasteiger partial charge is 0.349 e. The highest BCUT2D eigenvalue weighted by molar-refractivity contribution is 7.09. The van der Waals surface area contributed by atoms with Gasteiger partial charge < -0.3 is 9.84 Å². The fourth-order valence-corrected chi connectivity index (χ4v) is 3.33. The molecule has 0 radical (unpaired) electrons. The highest BCUT2D eigenvalue weighted by Crippen LogP contribution is 2.21. The van der Waals surface area contributed by atoms with E-state index in [1.165, 1.54) is 4.40 Å². The van der Waals surface area contributed by atoms with Crippen LogP contribution in [-0.4, -0.2) is 30.2 Å². The van der Waals surface area contributed by atoms with Crippen LogP contribution in [0.3, 0.4) is 0 Å². The van der Waals surface area contributed by atoms with Gasteiger partial charge in [0.05, 0.1) is 12.1 Å². The van der Waals surface area contributed by atoms with Crippen molar-refractivity contribution in [3.05, 3.63) is 57.0 Å². The lowest BCUT2D eigenvalue weighted by Gasteiger charge is -2.10. The van der Waals surface area contributed by atoms with E-state index in [0.717, 1.165) is 9.56 Å². The van der Waals surface area contributed by atoms with Crippen molar-refractivity contribution in [3.8, 4) is 11.5 Å². The number of fused-ring (bicyclic) bond motifs is 1. The summed E-state index contributed by atoms with van der Waals surface area (Å²) in [7, 11) is 0. The first-order valence-electron chi connectivity index (χ1n) is 8.25. The second-order valence-corrected chi connectivity index (χ2v) is 6.99. The molecule has 27 heavy (non-hydrogen) atoms. The maximum absolute atomic E-state index is 12.7. The van der Waals surface area contributed by atoms with Gasteiger partial charge in [0.1, 0.15) is 6.04 Å². The number of carbonyl (C=O) groups is 1. The third-order valence-electron chi connectivity index (χ3n) is 4.09. The first-order chi connectivity index (χ1) is 13.0. The molecule has 0 spiro atoms. The van der Waals surface area contributed by atoms with Crippen molar-refractivity contribution in [1.82, 2.24) is 29.6 Å². The Kier molecular flexibility index (Phi) is 4.32. The first-order valence-corrected chi connectivity index (χ1v) is 9.13. The average molecular weight is 384 g/mol. The molecule has 0 fully saturated rings. The average Bonchev–Trinajstić information content (AvgIpc) is 3.40. The summed E-state index contributed by atoms with van der Waals surface area (Å²) in [6, 6.07) is 6.51. The summed E-state index contributed by atoms with van der Waals surface area (Å²) >= 11 is 1.55. The molecule has 0 aromatic carbocycles. The van der Waals surface area contributed by atoms with Crippen LogP contribution in [0, 0.1) is 6.92 Å². The predicted octanol–water partition coefficient (Wildman–Crippen LogP) is 1.79. The van der Waals surface area contributed by atoms with Crippen molar-refractivity contribution in [2.24, 2.45) is 0 Å². The third-order valence-corrected chi connectivity index (χ3v) is 4.97. The minimum absolute atomic E-state index is 0.269. The van der Waals surface area contributed by atoms with E-state index in [1.807, 2.05) is 17.5 Å². The molecular formula is C17H16N6O3S. The molecule has 4 heterocycles. The number of nitrogens with one attached hydrogen (secondary N) is 1.